The highest BCUT2D eigenvalue weighted by molar-refractivity contribution is 8.14. The number of hydrogen-bond acceptors (Lipinski definition) is 6. The Morgan fingerprint density at radius 1 is 1.28 bits per heavy atom. The molecule has 0 aromatic heterocycles. The maximum Gasteiger partial charge on any atom is 0.311 e. The predicted octanol–water partition coefficient (Wildman–Crippen LogP) is 5.59. The minimum Gasteiger partial charge on any atom is -0.454 e. The van der Waals surface area contributed by atoms with Gasteiger partial charge in [-0.1, -0.05) is 56.0 Å². The van der Waals surface area contributed by atoms with E-state index in [0.29, 0.717) is 17.7 Å². The van der Waals surface area contributed by atoms with Gasteiger partial charge in [-0.2, -0.15) is 5.26 Å². The molecule has 0 radical (unpaired) electrons. The fourth-order valence-electron chi connectivity index (χ4n) is 3.99. The first-order chi connectivity index (χ1) is 15.3. The Balaban J connectivity index is 1.49. The molecule has 2 aromatic carbocycles. The van der Waals surface area contributed by atoms with E-state index in [-0.39, 0.29) is 22.2 Å². The molecule has 2 aliphatic rings. The van der Waals surface area contributed by atoms with Crippen molar-refractivity contribution < 1.29 is 23.5 Å². The lowest BCUT2D eigenvalue weighted by Gasteiger charge is -2.14. The van der Waals surface area contributed by atoms with E-state index in [9.17, 15) is 19.2 Å². The first-order valence-corrected chi connectivity index (χ1v) is 11.3. The maximum atomic E-state index is 14.3. The van der Waals surface area contributed by atoms with Gasteiger partial charge in [0.25, 0.3) is 0 Å². The van der Waals surface area contributed by atoms with Gasteiger partial charge in [-0.15, -0.1) is 0 Å². The Morgan fingerprint density at radius 2 is 2.03 bits per heavy atom. The van der Waals surface area contributed by atoms with E-state index >= 15 is 0 Å². The third-order valence-electron chi connectivity index (χ3n) is 5.99. The molecule has 1 heterocycles. The number of hydrogen-bond donors (Lipinski definition) is 0. The van der Waals surface area contributed by atoms with Crippen LogP contribution in [0.5, 0.6) is 11.5 Å². The van der Waals surface area contributed by atoms with E-state index in [4.69, 9.17) is 9.47 Å². The molecule has 1 saturated carbocycles. The smallest absolute Gasteiger partial charge is 0.311 e. The van der Waals surface area contributed by atoms with Crippen LogP contribution in [0.3, 0.4) is 0 Å². The van der Waals surface area contributed by atoms with Crippen LogP contribution in [0.15, 0.2) is 60.2 Å². The van der Waals surface area contributed by atoms with Crippen molar-refractivity contribution in [3.63, 3.8) is 0 Å². The molecule has 2 aromatic rings. The van der Waals surface area contributed by atoms with E-state index in [2.05, 4.69) is 0 Å². The van der Waals surface area contributed by atoms with Crippen LogP contribution in [-0.4, -0.2) is 16.8 Å². The Bertz CT molecular complexity index is 1120. The summed E-state index contributed by atoms with van der Waals surface area (Å²) >= 11 is 1.29. The fourth-order valence-corrected chi connectivity index (χ4v) is 4.85. The van der Waals surface area contributed by atoms with Crippen molar-refractivity contribution in [3.8, 4) is 17.6 Å². The van der Waals surface area contributed by atoms with E-state index in [1.165, 1.54) is 30.0 Å². The van der Waals surface area contributed by atoms with Gasteiger partial charge in [-0.25, -0.2) is 4.39 Å². The topological polar surface area (TPSA) is 76.4 Å². The third kappa shape index (κ3) is 4.42. The Hall–Kier alpha value is -3.11. The van der Waals surface area contributed by atoms with Gasteiger partial charge >= 0.3 is 5.97 Å². The average molecular weight is 452 g/mol. The lowest BCUT2D eigenvalue weighted by atomic mass is 10.1. The highest BCUT2D eigenvalue weighted by atomic mass is 32.2. The number of nitriles is 1. The number of allylic oxidation sites excluding steroid dienone is 1. The largest absolute Gasteiger partial charge is 0.454 e. The molecule has 1 unspecified atom stereocenters. The van der Waals surface area contributed by atoms with Crippen molar-refractivity contribution in [1.29, 1.82) is 5.26 Å². The van der Waals surface area contributed by atoms with Crippen LogP contribution in [0.1, 0.15) is 31.9 Å². The molecule has 1 aliphatic carbocycles. The molecule has 4 rings (SSSR count). The van der Waals surface area contributed by atoms with Crippen LogP contribution >= 0.6 is 11.8 Å². The van der Waals surface area contributed by atoms with Gasteiger partial charge in [-0.3, -0.25) is 9.59 Å². The third-order valence-corrected chi connectivity index (χ3v) is 6.93. The minimum absolute atomic E-state index is 0.0587. The van der Waals surface area contributed by atoms with Gasteiger partial charge in [0, 0.05) is 16.9 Å². The summed E-state index contributed by atoms with van der Waals surface area (Å²) in [6.07, 6.45) is 1.40. The number of esters is 1. The highest BCUT2D eigenvalue weighted by Gasteiger charge is 2.62. The zero-order valence-electron chi connectivity index (χ0n) is 17.7. The van der Waals surface area contributed by atoms with Crippen molar-refractivity contribution in [2.45, 2.75) is 26.4 Å². The summed E-state index contributed by atoms with van der Waals surface area (Å²) in [5.74, 6) is -0.490. The first-order valence-electron chi connectivity index (χ1n) is 10.3. The SMILES string of the molecule is CC1(C)[C@H](C(=O)OC(C#N)c2ccc(F)c(Oc3ccccc3)c2)[C@@H]1C=C1CCSC1=O. The standard InChI is InChI=1S/C25H22FNO4S/c1-25(2)18(12-16-10-11-32-24(16)29)22(25)23(28)31-21(14-27)15-8-9-19(26)20(13-15)30-17-6-4-3-5-7-17/h3-9,12-13,18,21-22H,10-11H2,1-2H3/t18-,21?,22-/m0/s1. The number of benzene rings is 2. The predicted molar refractivity (Wildman–Crippen MR) is 118 cm³/mol. The molecular formula is C25H22FNO4S. The monoisotopic (exact) mass is 451 g/mol. The van der Waals surface area contributed by atoms with E-state index in [1.807, 2.05) is 32.1 Å². The van der Waals surface area contributed by atoms with E-state index in [0.717, 1.165) is 11.3 Å². The van der Waals surface area contributed by atoms with Gasteiger partial charge < -0.3 is 9.47 Å². The summed E-state index contributed by atoms with van der Waals surface area (Å²) in [7, 11) is 0. The molecule has 2 fully saturated rings. The van der Waals surface area contributed by atoms with Crippen LogP contribution in [-0.2, 0) is 14.3 Å². The molecule has 0 N–H and O–H groups in total. The lowest BCUT2D eigenvalue weighted by molar-refractivity contribution is -0.149. The Morgan fingerprint density at radius 3 is 2.69 bits per heavy atom. The number of thioether (sulfide) groups is 1. The van der Waals surface area contributed by atoms with Crippen LogP contribution < -0.4 is 4.74 Å². The van der Waals surface area contributed by atoms with Crippen LogP contribution in [0, 0.1) is 34.4 Å². The van der Waals surface area contributed by atoms with Crippen molar-refractivity contribution in [2.75, 3.05) is 5.75 Å². The summed E-state index contributed by atoms with van der Waals surface area (Å²) in [6, 6.07) is 14.6. The highest BCUT2D eigenvalue weighted by Crippen LogP contribution is 2.60. The molecule has 1 saturated heterocycles. The maximum absolute atomic E-state index is 14.3. The van der Waals surface area contributed by atoms with Crippen LogP contribution in [0.25, 0.3) is 0 Å². The minimum atomic E-state index is -1.20. The summed E-state index contributed by atoms with van der Waals surface area (Å²) in [6.45, 7) is 3.89. The van der Waals surface area contributed by atoms with Crippen LogP contribution in [0.4, 0.5) is 4.39 Å². The summed E-state index contributed by atoms with van der Waals surface area (Å²) in [4.78, 5) is 24.8. The van der Waals surface area contributed by atoms with Gasteiger partial charge in [0.2, 0.25) is 11.2 Å². The molecule has 3 atom stereocenters. The number of rotatable bonds is 6. The van der Waals surface area contributed by atoms with Crippen molar-refractivity contribution >= 4 is 22.8 Å². The first kappa shape index (κ1) is 22.1. The second-order valence-electron chi connectivity index (χ2n) is 8.45. The van der Waals surface area contributed by atoms with E-state index in [1.54, 1.807) is 24.3 Å². The zero-order chi connectivity index (χ0) is 22.9. The second kappa shape index (κ2) is 8.79. The number of halogens is 1. The lowest BCUT2D eigenvalue weighted by Crippen LogP contribution is -2.14. The van der Waals surface area contributed by atoms with Crippen molar-refractivity contribution in [2.24, 2.45) is 17.3 Å². The average Bonchev–Trinajstić information content (AvgIpc) is 3.08. The van der Waals surface area contributed by atoms with Gasteiger partial charge in [0.15, 0.2) is 11.6 Å². The number of para-hydroxylation sites is 1. The van der Waals surface area contributed by atoms with Gasteiger partial charge in [0.1, 0.15) is 11.8 Å². The van der Waals surface area contributed by atoms with Gasteiger partial charge in [-0.05, 0) is 42.0 Å². The molecule has 1 aliphatic heterocycles. The summed E-state index contributed by atoms with van der Waals surface area (Å²) < 4.78 is 25.3. The molecule has 5 nitrogen and oxygen atoms in total. The molecule has 0 spiro atoms. The Kier molecular flexibility index (Phi) is 6.07. The van der Waals surface area contributed by atoms with E-state index < -0.39 is 23.8 Å². The number of nitrogens with zero attached hydrogens (tertiary/aromatic N) is 1. The number of carbonyl (C=O) groups is 2. The van der Waals surface area contributed by atoms with Crippen molar-refractivity contribution in [1.82, 2.24) is 0 Å². The van der Waals surface area contributed by atoms with Crippen molar-refractivity contribution in [3.05, 3.63) is 71.6 Å². The second-order valence-corrected chi connectivity index (χ2v) is 9.52. The molecule has 0 bridgehead atoms. The number of ether oxygens (including phenoxy) is 2. The quantitative estimate of drug-likeness (QED) is 0.421. The fraction of sp³-hybridized carbons (Fsp3) is 0.320. The summed E-state index contributed by atoms with van der Waals surface area (Å²) in [5.41, 5.74) is 0.715. The molecular weight excluding hydrogens is 429 g/mol. The van der Waals surface area contributed by atoms with Crippen LogP contribution in [0.2, 0.25) is 0 Å². The Labute approximate surface area is 190 Å². The number of carbonyl (C=O) groups excluding carboxylic acids is 2. The summed E-state index contributed by atoms with van der Waals surface area (Å²) in [5, 5.41) is 9.68. The molecule has 7 heteroatoms. The van der Waals surface area contributed by atoms with Gasteiger partial charge in [0.05, 0.1) is 5.92 Å². The molecule has 32 heavy (non-hydrogen) atoms. The normalized spacial score (nSPS) is 23.4. The zero-order valence-corrected chi connectivity index (χ0v) is 18.5. The molecule has 164 valence electrons. The molecule has 0 amide bonds.